The van der Waals surface area contributed by atoms with Crippen LogP contribution in [0.3, 0.4) is 0 Å². The quantitative estimate of drug-likeness (QED) is 0.781. The molecule has 0 aliphatic heterocycles. The third-order valence-electron chi connectivity index (χ3n) is 2.09. The van der Waals surface area contributed by atoms with E-state index in [9.17, 15) is 13.2 Å². The van der Waals surface area contributed by atoms with Crippen LogP contribution in [0.4, 0.5) is 13.2 Å². The minimum absolute atomic E-state index is 0.0702. The Balaban J connectivity index is 2.60. The van der Waals surface area contributed by atoms with Gasteiger partial charge in [-0.25, -0.2) is 0 Å². The van der Waals surface area contributed by atoms with Crippen molar-refractivity contribution >= 4 is 11.6 Å². The van der Waals surface area contributed by atoms with Crippen molar-refractivity contribution in [1.29, 1.82) is 0 Å². The molecule has 0 N–H and O–H groups in total. The van der Waals surface area contributed by atoms with E-state index < -0.39 is 11.7 Å². The zero-order chi connectivity index (χ0) is 12.5. The molecule has 1 heterocycles. The summed E-state index contributed by atoms with van der Waals surface area (Å²) < 4.78 is 39.3. The van der Waals surface area contributed by atoms with Crippen LogP contribution in [0.25, 0.3) is 5.69 Å². The summed E-state index contributed by atoms with van der Waals surface area (Å²) >= 11 is 5.55. The van der Waals surface area contributed by atoms with E-state index in [0.29, 0.717) is 0 Å². The number of tetrazole rings is 1. The number of aromatic nitrogens is 4. The maximum atomic E-state index is 12.8. The van der Waals surface area contributed by atoms with Gasteiger partial charge in [0.25, 0.3) is 0 Å². The Bertz CT molecular complexity index is 523. The monoisotopic (exact) mass is 262 g/mol. The zero-order valence-corrected chi connectivity index (χ0v) is 9.07. The molecule has 0 saturated heterocycles. The third kappa shape index (κ3) is 2.23. The van der Waals surface area contributed by atoms with Crippen LogP contribution in [0.15, 0.2) is 24.3 Å². The van der Waals surface area contributed by atoms with Crippen molar-refractivity contribution in [2.75, 3.05) is 0 Å². The molecule has 2 rings (SSSR count). The second-order valence-corrected chi connectivity index (χ2v) is 3.42. The number of hydrogen-bond donors (Lipinski definition) is 0. The number of halogens is 4. The van der Waals surface area contributed by atoms with Gasteiger partial charge in [-0.1, -0.05) is 12.1 Å². The molecule has 0 aliphatic rings. The summed E-state index contributed by atoms with van der Waals surface area (Å²) in [6.07, 6.45) is -4.47. The smallest absolute Gasteiger partial charge is 0.195 e. The summed E-state index contributed by atoms with van der Waals surface area (Å²) in [4.78, 5) is 0. The summed E-state index contributed by atoms with van der Waals surface area (Å²) in [5, 5.41) is 10.3. The molecule has 0 aliphatic carbocycles. The molecule has 0 amide bonds. The molecular formula is C9H6ClF3N4. The van der Waals surface area contributed by atoms with Crippen LogP contribution in [-0.2, 0) is 12.1 Å². The van der Waals surface area contributed by atoms with Crippen LogP contribution in [0, 0.1) is 0 Å². The van der Waals surface area contributed by atoms with Gasteiger partial charge in [-0.05, 0) is 22.6 Å². The third-order valence-corrected chi connectivity index (χ3v) is 2.33. The first-order valence-electron chi connectivity index (χ1n) is 4.54. The first-order chi connectivity index (χ1) is 8.04. The van der Waals surface area contributed by atoms with Crippen LogP contribution >= 0.6 is 11.6 Å². The molecular weight excluding hydrogens is 257 g/mol. The van der Waals surface area contributed by atoms with Gasteiger partial charge in [0.05, 0.1) is 17.1 Å². The molecule has 0 spiro atoms. The molecule has 0 atom stereocenters. The van der Waals surface area contributed by atoms with E-state index in [1.54, 1.807) is 0 Å². The second kappa shape index (κ2) is 4.33. The number of para-hydroxylation sites is 1. The van der Waals surface area contributed by atoms with Crippen molar-refractivity contribution in [3.05, 3.63) is 35.7 Å². The van der Waals surface area contributed by atoms with Crippen LogP contribution in [-0.4, -0.2) is 20.2 Å². The summed E-state index contributed by atoms with van der Waals surface area (Å²) in [5.41, 5.74) is -0.945. The van der Waals surface area contributed by atoms with Gasteiger partial charge in [-0.15, -0.1) is 16.7 Å². The summed E-state index contributed by atoms with van der Waals surface area (Å²) in [5.74, 6) is 0.0856. The Hall–Kier alpha value is -1.63. The lowest BCUT2D eigenvalue weighted by atomic mass is 10.1. The van der Waals surface area contributed by atoms with Crippen molar-refractivity contribution in [1.82, 2.24) is 20.2 Å². The van der Waals surface area contributed by atoms with E-state index in [0.717, 1.165) is 10.7 Å². The highest BCUT2D eigenvalue weighted by Crippen LogP contribution is 2.33. The normalized spacial score (nSPS) is 11.8. The number of rotatable bonds is 2. The van der Waals surface area contributed by atoms with Crippen molar-refractivity contribution in [2.24, 2.45) is 0 Å². The van der Waals surface area contributed by atoms with E-state index in [-0.39, 0.29) is 17.4 Å². The zero-order valence-electron chi connectivity index (χ0n) is 8.32. The Morgan fingerprint density at radius 3 is 2.59 bits per heavy atom. The first-order valence-corrected chi connectivity index (χ1v) is 5.07. The Kier molecular flexibility index (Phi) is 3.01. The number of benzene rings is 1. The Morgan fingerprint density at radius 1 is 1.24 bits per heavy atom. The average molecular weight is 263 g/mol. The molecule has 17 heavy (non-hydrogen) atoms. The van der Waals surface area contributed by atoms with Crippen LogP contribution in [0.1, 0.15) is 11.4 Å². The van der Waals surface area contributed by atoms with Crippen molar-refractivity contribution in [3.63, 3.8) is 0 Å². The summed E-state index contributed by atoms with van der Waals surface area (Å²) in [6.45, 7) is 0. The highest BCUT2D eigenvalue weighted by atomic mass is 35.5. The molecule has 1 aromatic heterocycles. The largest absolute Gasteiger partial charge is 0.418 e. The molecule has 1 aromatic carbocycles. The van der Waals surface area contributed by atoms with E-state index in [4.69, 9.17) is 11.6 Å². The highest BCUT2D eigenvalue weighted by Gasteiger charge is 2.34. The van der Waals surface area contributed by atoms with Crippen LogP contribution < -0.4 is 0 Å². The van der Waals surface area contributed by atoms with Crippen molar-refractivity contribution < 1.29 is 13.2 Å². The predicted octanol–water partition coefficient (Wildman–Crippen LogP) is 2.42. The van der Waals surface area contributed by atoms with E-state index >= 15 is 0 Å². The highest BCUT2D eigenvalue weighted by molar-refractivity contribution is 6.16. The fourth-order valence-electron chi connectivity index (χ4n) is 1.37. The second-order valence-electron chi connectivity index (χ2n) is 3.16. The van der Waals surface area contributed by atoms with Gasteiger partial charge in [-0.3, -0.25) is 0 Å². The molecule has 8 heteroatoms. The molecule has 0 bridgehead atoms. The lowest BCUT2D eigenvalue weighted by Gasteiger charge is -2.12. The minimum Gasteiger partial charge on any atom is -0.195 e. The fraction of sp³-hybridized carbons (Fsp3) is 0.222. The maximum Gasteiger partial charge on any atom is 0.418 e. The van der Waals surface area contributed by atoms with Gasteiger partial charge in [0.15, 0.2) is 5.82 Å². The minimum atomic E-state index is -4.47. The molecule has 2 aromatic rings. The Morgan fingerprint density at radius 2 is 1.94 bits per heavy atom. The summed E-state index contributed by atoms with van der Waals surface area (Å²) in [6, 6.07) is 5.03. The van der Waals surface area contributed by atoms with Crippen molar-refractivity contribution in [2.45, 2.75) is 12.1 Å². The van der Waals surface area contributed by atoms with E-state index in [1.165, 1.54) is 18.2 Å². The van der Waals surface area contributed by atoms with Gasteiger partial charge in [0, 0.05) is 0 Å². The molecule has 90 valence electrons. The van der Waals surface area contributed by atoms with Crippen molar-refractivity contribution in [3.8, 4) is 5.69 Å². The van der Waals surface area contributed by atoms with Crippen LogP contribution in [0.2, 0.25) is 0 Å². The van der Waals surface area contributed by atoms with Gasteiger partial charge in [0.1, 0.15) is 0 Å². The topological polar surface area (TPSA) is 43.6 Å². The first kappa shape index (κ1) is 11.8. The average Bonchev–Trinajstić information content (AvgIpc) is 2.75. The SMILES string of the molecule is FC(F)(F)c1ccccc1-n1nnnc1CCl. The fourth-order valence-corrected chi connectivity index (χ4v) is 1.54. The molecule has 0 radical (unpaired) electrons. The van der Waals surface area contributed by atoms with Gasteiger partial charge in [0.2, 0.25) is 0 Å². The number of nitrogens with zero attached hydrogens (tertiary/aromatic N) is 4. The number of alkyl halides is 4. The molecule has 4 nitrogen and oxygen atoms in total. The lowest BCUT2D eigenvalue weighted by Crippen LogP contribution is -2.12. The Labute approximate surface area is 99.0 Å². The molecule has 0 unspecified atom stereocenters. The van der Waals surface area contributed by atoms with E-state index in [1.807, 2.05) is 0 Å². The van der Waals surface area contributed by atoms with E-state index in [2.05, 4.69) is 15.5 Å². The molecule has 0 saturated carbocycles. The number of hydrogen-bond acceptors (Lipinski definition) is 3. The molecule has 0 fully saturated rings. The maximum absolute atomic E-state index is 12.8. The standard InChI is InChI=1S/C9H6ClF3N4/c10-5-8-14-15-16-17(8)7-4-2-1-3-6(7)9(11,12)13/h1-4H,5H2. The summed E-state index contributed by atoms with van der Waals surface area (Å²) in [7, 11) is 0. The predicted molar refractivity (Wildman–Crippen MR) is 53.7 cm³/mol. The lowest BCUT2D eigenvalue weighted by molar-refractivity contribution is -0.137. The van der Waals surface area contributed by atoms with Gasteiger partial charge in [-0.2, -0.15) is 17.9 Å². The van der Waals surface area contributed by atoms with Gasteiger partial charge < -0.3 is 0 Å². The van der Waals surface area contributed by atoms with Gasteiger partial charge >= 0.3 is 6.18 Å². The van der Waals surface area contributed by atoms with Crippen LogP contribution in [0.5, 0.6) is 0 Å².